The molecule has 1 unspecified atom stereocenters. The molecule has 1 atom stereocenters. The zero-order valence-corrected chi connectivity index (χ0v) is 11.0. The van der Waals surface area contributed by atoms with Crippen molar-refractivity contribution in [3.63, 3.8) is 0 Å². The monoisotopic (exact) mass is 286 g/mol. The van der Waals surface area contributed by atoms with E-state index in [1.165, 1.54) is 0 Å². The lowest BCUT2D eigenvalue weighted by Gasteiger charge is -2.33. The first-order chi connectivity index (χ1) is 9.35. The molecule has 0 saturated carbocycles. The Bertz CT molecular complexity index is 501. The van der Waals surface area contributed by atoms with Crippen LogP contribution in [-0.4, -0.2) is 18.6 Å². The number of hydrogen-bond donors (Lipinski definition) is 2. The van der Waals surface area contributed by atoms with Gasteiger partial charge in [0.1, 0.15) is 5.54 Å². The van der Waals surface area contributed by atoms with Crippen LogP contribution in [-0.2, 0) is 16.8 Å². The summed E-state index contributed by atoms with van der Waals surface area (Å²) in [5.74, 6) is -0.754. The van der Waals surface area contributed by atoms with Gasteiger partial charge in [0.25, 0.3) is 0 Å². The Morgan fingerprint density at radius 3 is 2.65 bits per heavy atom. The third kappa shape index (κ3) is 2.95. The molecule has 1 aromatic rings. The highest BCUT2D eigenvalue weighted by Gasteiger charge is 2.43. The van der Waals surface area contributed by atoms with Gasteiger partial charge in [-0.3, -0.25) is 10.1 Å². The molecule has 1 aliphatic carbocycles. The first-order valence-electron chi connectivity index (χ1n) is 6.55. The summed E-state index contributed by atoms with van der Waals surface area (Å²) < 4.78 is 37.5. The minimum absolute atomic E-state index is 0.287. The van der Waals surface area contributed by atoms with Crippen LogP contribution < -0.4 is 11.1 Å². The summed E-state index contributed by atoms with van der Waals surface area (Å²) in [6.07, 6.45) is -1.86. The van der Waals surface area contributed by atoms with E-state index in [2.05, 4.69) is 5.32 Å². The molecular weight excluding hydrogens is 269 g/mol. The molecule has 1 aromatic carbocycles. The maximum absolute atomic E-state index is 12.5. The van der Waals surface area contributed by atoms with Crippen molar-refractivity contribution in [3.05, 3.63) is 35.4 Å². The third-order valence-electron chi connectivity index (χ3n) is 3.74. The lowest BCUT2D eigenvalue weighted by molar-refractivity contribution is -0.137. The van der Waals surface area contributed by atoms with Gasteiger partial charge in [-0.25, -0.2) is 0 Å². The maximum atomic E-state index is 12.5. The first kappa shape index (κ1) is 14.8. The van der Waals surface area contributed by atoms with E-state index in [-0.39, 0.29) is 6.42 Å². The number of primary amides is 1. The van der Waals surface area contributed by atoms with E-state index in [4.69, 9.17) is 5.73 Å². The number of hydrogen-bond acceptors (Lipinski definition) is 2. The molecule has 0 radical (unpaired) electrons. The lowest BCUT2D eigenvalue weighted by atomic mass is 9.83. The number of carbonyl (C=O) groups excluding carboxylic acids is 1. The van der Waals surface area contributed by atoms with Gasteiger partial charge in [-0.05, 0) is 30.4 Å². The smallest absolute Gasteiger partial charge is 0.368 e. The summed E-state index contributed by atoms with van der Waals surface area (Å²) in [7, 11) is 0. The second-order valence-corrected chi connectivity index (χ2v) is 5.10. The fourth-order valence-corrected chi connectivity index (χ4v) is 2.77. The number of nitrogens with one attached hydrogen (secondary N) is 1. The molecule has 110 valence electrons. The Labute approximate surface area is 115 Å². The van der Waals surface area contributed by atoms with Crippen molar-refractivity contribution in [2.24, 2.45) is 5.73 Å². The highest BCUT2D eigenvalue weighted by Crippen LogP contribution is 2.34. The van der Waals surface area contributed by atoms with Gasteiger partial charge in [-0.2, -0.15) is 13.2 Å². The van der Waals surface area contributed by atoms with Crippen LogP contribution in [0.15, 0.2) is 24.3 Å². The van der Waals surface area contributed by atoms with Crippen molar-refractivity contribution >= 4 is 5.91 Å². The van der Waals surface area contributed by atoms with Gasteiger partial charge in [0.15, 0.2) is 0 Å². The fourth-order valence-electron chi connectivity index (χ4n) is 2.77. The quantitative estimate of drug-likeness (QED) is 0.837. The van der Waals surface area contributed by atoms with Crippen molar-refractivity contribution < 1.29 is 18.0 Å². The second-order valence-electron chi connectivity index (χ2n) is 5.10. The highest BCUT2D eigenvalue weighted by molar-refractivity contribution is 5.86. The number of amides is 1. The fraction of sp³-hybridized carbons (Fsp3) is 0.500. The topological polar surface area (TPSA) is 55.1 Å². The van der Waals surface area contributed by atoms with Crippen molar-refractivity contribution in [2.45, 2.75) is 37.4 Å². The SMILES string of the molecule is NC(=O)C1(NCC(F)(F)F)CCCCc2ccccc21. The van der Waals surface area contributed by atoms with E-state index in [9.17, 15) is 18.0 Å². The second kappa shape index (κ2) is 5.44. The number of carbonyl (C=O) groups is 1. The van der Waals surface area contributed by atoms with E-state index in [1.807, 2.05) is 12.1 Å². The van der Waals surface area contributed by atoms with Gasteiger partial charge in [0.05, 0.1) is 6.54 Å². The van der Waals surface area contributed by atoms with E-state index >= 15 is 0 Å². The molecule has 2 rings (SSSR count). The molecular formula is C14H17F3N2O. The van der Waals surface area contributed by atoms with Gasteiger partial charge < -0.3 is 5.73 Å². The minimum Gasteiger partial charge on any atom is -0.368 e. The summed E-state index contributed by atoms with van der Waals surface area (Å²) in [4.78, 5) is 11.9. The molecule has 0 spiro atoms. The zero-order chi connectivity index (χ0) is 14.8. The number of alkyl halides is 3. The van der Waals surface area contributed by atoms with Crippen LogP contribution in [0, 0.1) is 0 Å². The average Bonchev–Trinajstić information content (AvgIpc) is 2.56. The van der Waals surface area contributed by atoms with Crippen molar-refractivity contribution in [2.75, 3.05) is 6.54 Å². The van der Waals surface area contributed by atoms with Crippen molar-refractivity contribution in [1.29, 1.82) is 0 Å². The Morgan fingerprint density at radius 2 is 2.00 bits per heavy atom. The van der Waals surface area contributed by atoms with Gasteiger partial charge in [-0.1, -0.05) is 30.7 Å². The molecule has 0 fully saturated rings. The molecule has 0 aromatic heterocycles. The lowest BCUT2D eigenvalue weighted by Crippen LogP contribution is -2.55. The number of nitrogens with two attached hydrogens (primary N) is 1. The number of halogens is 3. The molecule has 20 heavy (non-hydrogen) atoms. The van der Waals surface area contributed by atoms with E-state index < -0.39 is 24.2 Å². The van der Waals surface area contributed by atoms with Crippen LogP contribution in [0.3, 0.4) is 0 Å². The summed E-state index contributed by atoms with van der Waals surface area (Å²) in [6.45, 7) is -1.23. The molecule has 0 heterocycles. The molecule has 3 N–H and O–H groups in total. The predicted octanol–water partition coefficient (Wildman–Crippen LogP) is 2.25. The normalized spacial score (nSPS) is 22.9. The van der Waals surface area contributed by atoms with Gasteiger partial charge in [-0.15, -0.1) is 0 Å². The molecule has 0 bridgehead atoms. The minimum atomic E-state index is -4.39. The van der Waals surface area contributed by atoms with Gasteiger partial charge in [0.2, 0.25) is 5.91 Å². The molecule has 1 amide bonds. The van der Waals surface area contributed by atoms with E-state index in [0.717, 1.165) is 18.4 Å². The largest absolute Gasteiger partial charge is 0.401 e. The molecule has 6 heteroatoms. The van der Waals surface area contributed by atoms with Crippen LogP contribution in [0.25, 0.3) is 0 Å². The summed E-state index contributed by atoms with van der Waals surface area (Å²) in [6, 6.07) is 7.07. The van der Waals surface area contributed by atoms with E-state index in [0.29, 0.717) is 12.0 Å². The van der Waals surface area contributed by atoms with Crippen LogP contribution in [0.1, 0.15) is 30.4 Å². The van der Waals surface area contributed by atoms with Crippen LogP contribution in [0.5, 0.6) is 0 Å². The third-order valence-corrected chi connectivity index (χ3v) is 3.74. The molecule has 1 aliphatic rings. The average molecular weight is 286 g/mol. The molecule has 0 aliphatic heterocycles. The van der Waals surface area contributed by atoms with Crippen LogP contribution in [0.4, 0.5) is 13.2 Å². The van der Waals surface area contributed by atoms with Crippen LogP contribution >= 0.6 is 0 Å². The van der Waals surface area contributed by atoms with Crippen molar-refractivity contribution in [1.82, 2.24) is 5.32 Å². The predicted molar refractivity (Wildman–Crippen MR) is 68.9 cm³/mol. The van der Waals surface area contributed by atoms with E-state index in [1.54, 1.807) is 12.1 Å². The van der Waals surface area contributed by atoms with Crippen LogP contribution in [0.2, 0.25) is 0 Å². The Hall–Kier alpha value is -1.56. The molecule has 0 saturated heterocycles. The van der Waals surface area contributed by atoms with Crippen molar-refractivity contribution in [3.8, 4) is 0 Å². The standard InChI is InChI=1S/C14H17F3N2O/c15-14(16,17)9-19-13(12(18)20)8-4-3-6-10-5-1-2-7-11(10)13/h1-2,5,7,19H,3-4,6,8-9H2,(H2,18,20). The molecule has 3 nitrogen and oxygen atoms in total. The number of aryl methyl sites for hydroxylation is 1. The Morgan fingerprint density at radius 1 is 1.30 bits per heavy atom. The Balaban J connectivity index is 2.43. The van der Waals surface area contributed by atoms with Gasteiger partial charge >= 0.3 is 6.18 Å². The number of rotatable bonds is 3. The number of fused-ring (bicyclic) bond motifs is 1. The van der Waals surface area contributed by atoms with Gasteiger partial charge in [0, 0.05) is 0 Å². The zero-order valence-electron chi connectivity index (χ0n) is 11.0. The Kier molecular flexibility index (Phi) is 4.04. The summed E-state index contributed by atoms with van der Waals surface area (Å²) in [5, 5.41) is 2.37. The highest BCUT2D eigenvalue weighted by atomic mass is 19.4. The summed E-state index contributed by atoms with van der Waals surface area (Å²) in [5.41, 5.74) is 5.48. The number of benzene rings is 1. The summed E-state index contributed by atoms with van der Waals surface area (Å²) >= 11 is 0. The first-order valence-corrected chi connectivity index (χ1v) is 6.55. The maximum Gasteiger partial charge on any atom is 0.401 e.